The molecular formula is C26H24N2O3. The summed E-state index contributed by atoms with van der Waals surface area (Å²) in [6, 6.07) is 24.6. The van der Waals surface area contributed by atoms with E-state index >= 15 is 0 Å². The lowest BCUT2D eigenvalue weighted by molar-refractivity contribution is -0.112. The van der Waals surface area contributed by atoms with E-state index in [2.05, 4.69) is 5.32 Å². The van der Waals surface area contributed by atoms with Crippen molar-refractivity contribution in [2.45, 2.75) is 20.0 Å². The average molecular weight is 412 g/mol. The van der Waals surface area contributed by atoms with Gasteiger partial charge < -0.3 is 14.8 Å². The van der Waals surface area contributed by atoms with Crippen LogP contribution in [0.4, 0.5) is 5.69 Å². The van der Waals surface area contributed by atoms with E-state index in [0.717, 1.165) is 11.1 Å². The van der Waals surface area contributed by atoms with E-state index in [-0.39, 0.29) is 11.7 Å². The number of carbonyl (C=O) groups excluding carboxylic acids is 1. The molecule has 0 aromatic heterocycles. The number of methoxy groups -OCH3 is 1. The third kappa shape index (κ3) is 5.52. The first kappa shape index (κ1) is 21.7. The molecule has 1 N–H and O–H groups in total. The fourth-order valence-electron chi connectivity index (χ4n) is 3.07. The first-order valence-corrected chi connectivity index (χ1v) is 9.90. The normalized spacial score (nSPS) is 11.9. The molecule has 0 aliphatic carbocycles. The zero-order chi connectivity index (χ0) is 22.2. The first-order chi connectivity index (χ1) is 15.0. The van der Waals surface area contributed by atoms with Crippen molar-refractivity contribution < 1.29 is 14.3 Å². The van der Waals surface area contributed by atoms with Crippen LogP contribution >= 0.6 is 0 Å². The fourth-order valence-corrected chi connectivity index (χ4v) is 3.07. The van der Waals surface area contributed by atoms with E-state index in [9.17, 15) is 10.1 Å². The first-order valence-electron chi connectivity index (χ1n) is 9.90. The quantitative estimate of drug-likeness (QED) is 0.400. The summed E-state index contributed by atoms with van der Waals surface area (Å²) < 4.78 is 11.5. The number of rotatable bonds is 7. The van der Waals surface area contributed by atoms with E-state index in [0.29, 0.717) is 22.7 Å². The average Bonchev–Trinajstić information content (AvgIpc) is 2.80. The molecule has 0 radical (unpaired) electrons. The van der Waals surface area contributed by atoms with Crippen molar-refractivity contribution in [3.05, 3.63) is 95.1 Å². The van der Waals surface area contributed by atoms with Gasteiger partial charge in [0.2, 0.25) is 0 Å². The molecule has 3 aromatic carbocycles. The van der Waals surface area contributed by atoms with E-state index in [1.165, 1.54) is 6.08 Å². The number of benzene rings is 3. The summed E-state index contributed by atoms with van der Waals surface area (Å²) in [6.45, 7) is 3.86. The number of nitriles is 1. The molecule has 31 heavy (non-hydrogen) atoms. The van der Waals surface area contributed by atoms with Gasteiger partial charge >= 0.3 is 0 Å². The molecule has 3 aromatic rings. The van der Waals surface area contributed by atoms with E-state index < -0.39 is 5.91 Å². The van der Waals surface area contributed by atoms with Gasteiger partial charge in [0.15, 0.2) is 11.5 Å². The monoisotopic (exact) mass is 412 g/mol. The molecule has 0 aliphatic heterocycles. The largest absolute Gasteiger partial charge is 0.493 e. The molecule has 5 heteroatoms. The molecule has 3 rings (SSSR count). The molecule has 1 unspecified atom stereocenters. The Morgan fingerprint density at radius 3 is 2.42 bits per heavy atom. The standard InChI is InChI=1S/C26H24N2O3/c1-18-9-7-8-12-23(18)28-26(29)22(17-27)15-20-13-14-24(25(16-20)30-3)31-19(2)21-10-5-4-6-11-21/h4-16,19H,1-3H3,(H,28,29). The molecule has 156 valence electrons. The minimum Gasteiger partial charge on any atom is -0.493 e. The van der Waals surface area contributed by atoms with Gasteiger partial charge in [-0.1, -0.05) is 54.6 Å². The molecule has 0 saturated heterocycles. The maximum atomic E-state index is 12.6. The van der Waals surface area contributed by atoms with E-state index in [1.54, 1.807) is 31.4 Å². The van der Waals surface area contributed by atoms with Crippen LogP contribution < -0.4 is 14.8 Å². The van der Waals surface area contributed by atoms with Gasteiger partial charge in [-0.05, 0) is 54.8 Å². The molecule has 0 saturated carbocycles. The third-order valence-corrected chi connectivity index (χ3v) is 4.83. The lowest BCUT2D eigenvalue weighted by Crippen LogP contribution is -2.14. The van der Waals surface area contributed by atoms with Crippen LogP contribution in [0, 0.1) is 18.3 Å². The predicted molar refractivity (Wildman–Crippen MR) is 122 cm³/mol. The van der Waals surface area contributed by atoms with Crippen LogP contribution in [0.25, 0.3) is 6.08 Å². The van der Waals surface area contributed by atoms with Gasteiger partial charge in [-0.2, -0.15) is 5.26 Å². The van der Waals surface area contributed by atoms with Crippen molar-refractivity contribution in [1.29, 1.82) is 5.26 Å². The van der Waals surface area contributed by atoms with Gasteiger partial charge in [0.1, 0.15) is 17.7 Å². The number of para-hydroxylation sites is 1. The molecule has 1 atom stereocenters. The van der Waals surface area contributed by atoms with E-state index in [1.807, 2.05) is 68.4 Å². The number of carbonyl (C=O) groups is 1. The van der Waals surface area contributed by atoms with Crippen molar-refractivity contribution in [3.8, 4) is 17.6 Å². The third-order valence-electron chi connectivity index (χ3n) is 4.83. The maximum absolute atomic E-state index is 12.6. The molecule has 0 bridgehead atoms. The van der Waals surface area contributed by atoms with Crippen molar-refractivity contribution in [3.63, 3.8) is 0 Å². The Kier molecular flexibility index (Phi) is 7.08. The number of nitrogens with one attached hydrogen (secondary N) is 1. The van der Waals surface area contributed by atoms with Gasteiger partial charge in [-0.15, -0.1) is 0 Å². The molecule has 0 aliphatic rings. The van der Waals surface area contributed by atoms with Gasteiger partial charge in [-0.25, -0.2) is 0 Å². The summed E-state index contributed by atoms with van der Waals surface area (Å²) in [5.41, 5.74) is 3.30. The Balaban J connectivity index is 1.80. The number of nitrogens with zero attached hydrogens (tertiary/aromatic N) is 1. The van der Waals surface area contributed by atoms with Crippen LogP contribution in [-0.2, 0) is 4.79 Å². The fraction of sp³-hybridized carbons (Fsp3) is 0.154. The number of amides is 1. The number of aryl methyl sites for hydroxylation is 1. The van der Waals surface area contributed by atoms with Gasteiger partial charge in [0, 0.05) is 5.69 Å². The number of ether oxygens (including phenoxy) is 2. The summed E-state index contributed by atoms with van der Waals surface area (Å²) in [7, 11) is 1.55. The number of hydrogen-bond donors (Lipinski definition) is 1. The summed E-state index contributed by atoms with van der Waals surface area (Å²) in [6.07, 6.45) is 1.37. The Labute approximate surface area is 182 Å². The second-order valence-electron chi connectivity index (χ2n) is 7.02. The number of hydrogen-bond acceptors (Lipinski definition) is 4. The minimum atomic E-state index is -0.464. The molecule has 1 amide bonds. The van der Waals surface area contributed by atoms with Crippen molar-refractivity contribution >= 4 is 17.7 Å². The minimum absolute atomic E-state index is 0.00312. The Hall–Kier alpha value is -4.04. The molecule has 5 nitrogen and oxygen atoms in total. The van der Waals surface area contributed by atoms with Crippen LogP contribution in [0.3, 0.4) is 0 Å². The lowest BCUT2D eigenvalue weighted by atomic mass is 10.1. The lowest BCUT2D eigenvalue weighted by Gasteiger charge is -2.17. The highest BCUT2D eigenvalue weighted by atomic mass is 16.5. The van der Waals surface area contributed by atoms with Crippen LogP contribution in [0.15, 0.2) is 78.4 Å². The molecular weight excluding hydrogens is 388 g/mol. The Morgan fingerprint density at radius 2 is 1.74 bits per heavy atom. The highest BCUT2D eigenvalue weighted by Gasteiger charge is 2.14. The molecule has 0 heterocycles. The van der Waals surface area contributed by atoms with Crippen LogP contribution in [-0.4, -0.2) is 13.0 Å². The maximum Gasteiger partial charge on any atom is 0.266 e. The second kappa shape index (κ2) is 10.1. The van der Waals surface area contributed by atoms with Gasteiger partial charge in [-0.3, -0.25) is 4.79 Å². The smallest absolute Gasteiger partial charge is 0.266 e. The molecule has 0 spiro atoms. The van der Waals surface area contributed by atoms with Crippen molar-refractivity contribution in [2.24, 2.45) is 0 Å². The highest BCUT2D eigenvalue weighted by Crippen LogP contribution is 2.32. The Morgan fingerprint density at radius 1 is 1.03 bits per heavy atom. The SMILES string of the molecule is COc1cc(C=C(C#N)C(=O)Nc2ccccc2C)ccc1OC(C)c1ccccc1. The van der Waals surface area contributed by atoms with Crippen LogP contribution in [0.2, 0.25) is 0 Å². The summed E-state index contributed by atoms with van der Waals surface area (Å²) in [5, 5.41) is 12.3. The summed E-state index contributed by atoms with van der Waals surface area (Å²) >= 11 is 0. The van der Waals surface area contributed by atoms with Gasteiger partial charge in [0.25, 0.3) is 5.91 Å². The second-order valence-corrected chi connectivity index (χ2v) is 7.02. The highest BCUT2D eigenvalue weighted by molar-refractivity contribution is 6.10. The predicted octanol–water partition coefficient (Wildman–Crippen LogP) is 5.69. The zero-order valence-electron chi connectivity index (χ0n) is 17.8. The summed E-state index contributed by atoms with van der Waals surface area (Å²) in [4.78, 5) is 12.6. The van der Waals surface area contributed by atoms with Crippen molar-refractivity contribution in [2.75, 3.05) is 12.4 Å². The van der Waals surface area contributed by atoms with Crippen LogP contribution in [0.5, 0.6) is 11.5 Å². The van der Waals surface area contributed by atoms with Gasteiger partial charge in [0.05, 0.1) is 7.11 Å². The van der Waals surface area contributed by atoms with E-state index in [4.69, 9.17) is 9.47 Å². The van der Waals surface area contributed by atoms with Crippen molar-refractivity contribution in [1.82, 2.24) is 0 Å². The molecule has 0 fully saturated rings. The van der Waals surface area contributed by atoms with Crippen LogP contribution in [0.1, 0.15) is 29.7 Å². The zero-order valence-corrected chi connectivity index (χ0v) is 17.8. The Bertz CT molecular complexity index is 1130. The number of anilines is 1. The summed E-state index contributed by atoms with van der Waals surface area (Å²) in [5.74, 6) is 0.640. The topological polar surface area (TPSA) is 71.3 Å².